The minimum Gasteiger partial charge on any atom is -0.351 e. The Morgan fingerprint density at radius 3 is 2.11 bits per heavy atom. The van der Waals surface area contributed by atoms with Gasteiger partial charge in [-0.3, -0.25) is 0 Å². The first-order valence-electron chi connectivity index (χ1n) is 2.84. The van der Waals surface area contributed by atoms with Crippen LogP contribution in [0.4, 0.5) is 0 Å². The van der Waals surface area contributed by atoms with Gasteiger partial charge in [-0.1, -0.05) is 0 Å². The molecule has 1 fully saturated rings. The van der Waals surface area contributed by atoms with E-state index in [1.54, 1.807) is 0 Å². The van der Waals surface area contributed by atoms with Crippen molar-refractivity contribution in [3.63, 3.8) is 0 Å². The Kier molecular flexibility index (Phi) is 3.84. The zero-order valence-electron chi connectivity index (χ0n) is 6.14. The normalized spacial score (nSPS) is 23.3. The summed E-state index contributed by atoms with van der Waals surface area (Å²) in [5, 5.41) is 0. The molecule has 0 amide bonds. The molecule has 1 heterocycles. The molecule has 1 saturated heterocycles. The molecule has 9 heavy (non-hydrogen) atoms. The quantitative estimate of drug-likeness (QED) is 0.295. The molecular formula is C6H11LiO2. The molecule has 2 nitrogen and oxygen atoms in total. The summed E-state index contributed by atoms with van der Waals surface area (Å²) < 4.78 is 10.4. The minimum absolute atomic E-state index is 0. The van der Waals surface area contributed by atoms with Crippen molar-refractivity contribution in [3.05, 3.63) is 6.92 Å². The Hall–Kier alpha value is 0.517. The van der Waals surface area contributed by atoms with Crippen LogP contribution in [-0.2, 0) is 9.47 Å². The number of hydrogen-bond donors (Lipinski definition) is 0. The average Bonchev–Trinajstić information content (AvgIpc) is 2.17. The van der Waals surface area contributed by atoms with E-state index in [9.17, 15) is 0 Å². The molecule has 0 saturated carbocycles. The summed E-state index contributed by atoms with van der Waals surface area (Å²) in [7, 11) is 0. The van der Waals surface area contributed by atoms with Gasteiger partial charge in [-0.05, 0) is 6.92 Å². The van der Waals surface area contributed by atoms with Crippen LogP contribution in [0.2, 0.25) is 0 Å². The van der Waals surface area contributed by atoms with Crippen LogP contribution in [0.5, 0.6) is 0 Å². The van der Waals surface area contributed by atoms with Crippen LogP contribution in [0.15, 0.2) is 0 Å². The van der Waals surface area contributed by atoms with Crippen molar-refractivity contribution >= 4 is 0 Å². The summed E-state index contributed by atoms with van der Waals surface area (Å²) >= 11 is 0. The first kappa shape index (κ1) is 9.52. The van der Waals surface area contributed by atoms with Crippen LogP contribution in [0.1, 0.15) is 13.3 Å². The maximum atomic E-state index is 5.20. The van der Waals surface area contributed by atoms with Gasteiger partial charge in [-0.2, -0.15) is 0 Å². The summed E-state index contributed by atoms with van der Waals surface area (Å²) in [4.78, 5) is 0. The van der Waals surface area contributed by atoms with Crippen molar-refractivity contribution in [3.8, 4) is 0 Å². The van der Waals surface area contributed by atoms with Crippen molar-refractivity contribution in [2.75, 3.05) is 13.2 Å². The SMILES string of the molecule is [CH2-]CC1(C)OCCO1.[Li+]. The summed E-state index contributed by atoms with van der Waals surface area (Å²) in [6, 6.07) is 0. The van der Waals surface area contributed by atoms with E-state index in [0.717, 1.165) is 0 Å². The molecule has 0 spiro atoms. The van der Waals surface area contributed by atoms with E-state index in [1.165, 1.54) is 0 Å². The van der Waals surface area contributed by atoms with Gasteiger partial charge in [0.2, 0.25) is 0 Å². The number of ether oxygens (including phenoxy) is 2. The third-order valence-electron chi connectivity index (χ3n) is 1.35. The second-order valence-electron chi connectivity index (χ2n) is 2.08. The molecule has 0 radical (unpaired) electrons. The Bertz CT molecular complexity index is 79.1. The Balaban J connectivity index is 0.000000640. The minimum atomic E-state index is -0.375. The fourth-order valence-corrected chi connectivity index (χ4v) is 0.701. The molecule has 48 valence electrons. The van der Waals surface area contributed by atoms with E-state index >= 15 is 0 Å². The van der Waals surface area contributed by atoms with Crippen LogP contribution in [0.25, 0.3) is 0 Å². The van der Waals surface area contributed by atoms with Gasteiger partial charge in [0.1, 0.15) is 5.79 Å². The van der Waals surface area contributed by atoms with Gasteiger partial charge < -0.3 is 16.4 Å². The van der Waals surface area contributed by atoms with E-state index in [2.05, 4.69) is 6.92 Å². The third kappa shape index (κ3) is 2.31. The van der Waals surface area contributed by atoms with E-state index in [0.29, 0.717) is 19.6 Å². The van der Waals surface area contributed by atoms with E-state index in [4.69, 9.17) is 9.47 Å². The van der Waals surface area contributed by atoms with Gasteiger partial charge in [-0.15, -0.1) is 6.42 Å². The number of hydrogen-bond acceptors (Lipinski definition) is 2. The van der Waals surface area contributed by atoms with Crippen molar-refractivity contribution in [1.82, 2.24) is 0 Å². The molecule has 0 aromatic carbocycles. The van der Waals surface area contributed by atoms with E-state index in [1.807, 2.05) is 6.92 Å². The van der Waals surface area contributed by atoms with Gasteiger partial charge in [-0.25, -0.2) is 0 Å². The van der Waals surface area contributed by atoms with E-state index in [-0.39, 0.29) is 24.6 Å². The topological polar surface area (TPSA) is 18.5 Å². The molecule has 0 atom stereocenters. The molecule has 3 heteroatoms. The largest absolute Gasteiger partial charge is 1.00 e. The first-order chi connectivity index (χ1) is 3.77. The third-order valence-corrected chi connectivity index (χ3v) is 1.35. The van der Waals surface area contributed by atoms with Crippen LogP contribution in [0.3, 0.4) is 0 Å². The Labute approximate surface area is 68.1 Å². The van der Waals surface area contributed by atoms with Crippen LogP contribution in [-0.4, -0.2) is 19.0 Å². The van der Waals surface area contributed by atoms with Crippen LogP contribution >= 0.6 is 0 Å². The van der Waals surface area contributed by atoms with Gasteiger partial charge >= 0.3 is 18.9 Å². The second kappa shape index (κ2) is 3.63. The van der Waals surface area contributed by atoms with Crippen molar-refractivity contribution in [1.29, 1.82) is 0 Å². The zero-order chi connectivity index (χ0) is 6.04. The summed E-state index contributed by atoms with van der Waals surface area (Å²) in [6.07, 6.45) is 0.688. The van der Waals surface area contributed by atoms with Crippen LogP contribution in [0, 0.1) is 6.92 Å². The summed E-state index contributed by atoms with van der Waals surface area (Å²) in [6.45, 7) is 7.03. The predicted octanol–water partition coefficient (Wildman–Crippen LogP) is -2.02. The summed E-state index contributed by atoms with van der Waals surface area (Å²) in [5.41, 5.74) is 0. The van der Waals surface area contributed by atoms with E-state index < -0.39 is 0 Å². The molecular weight excluding hydrogens is 111 g/mol. The Morgan fingerprint density at radius 1 is 1.44 bits per heavy atom. The van der Waals surface area contributed by atoms with Crippen molar-refractivity contribution in [2.45, 2.75) is 19.1 Å². The molecule has 0 bridgehead atoms. The second-order valence-corrected chi connectivity index (χ2v) is 2.08. The first-order valence-corrected chi connectivity index (χ1v) is 2.84. The fourth-order valence-electron chi connectivity index (χ4n) is 0.701. The molecule has 0 aliphatic carbocycles. The van der Waals surface area contributed by atoms with Gasteiger partial charge in [0, 0.05) is 0 Å². The molecule has 1 aliphatic rings. The smallest absolute Gasteiger partial charge is 0.351 e. The van der Waals surface area contributed by atoms with Gasteiger partial charge in [0.15, 0.2) is 0 Å². The molecule has 1 aliphatic heterocycles. The average molecular weight is 122 g/mol. The molecule has 1 rings (SSSR count). The fraction of sp³-hybridized carbons (Fsp3) is 0.833. The maximum absolute atomic E-state index is 5.20. The van der Waals surface area contributed by atoms with Gasteiger partial charge in [0.05, 0.1) is 13.2 Å². The van der Waals surface area contributed by atoms with Crippen molar-refractivity contribution < 1.29 is 28.3 Å². The van der Waals surface area contributed by atoms with Gasteiger partial charge in [0.25, 0.3) is 0 Å². The number of rotatable bonds is 1. The monoisotopic (exact) mass is 122 g/mol. The summed E-state index contributed by atoms with van der Waals surface area (Å²) in [5.74, 6) is -0.375. The van der Waals surface area contributed by atoms with Crippen LogP contribution < -0.4 is 18.9 Å². The zero-order valence-corrected chi connectivity index (χ0v) is 6.14. The molecule has 0 aromatic heterocycles. The molecule has 0 aromatic rings. The predicted molar refractivity (Wildman–Crippen MR) is 30.3 cm³/mol. The molecule has 0 N–H and O–H groups in total. The maximum Gasteiger partial charge on any atom is 1.00 e. The Morgan fingerprint density at radius 2 is 1.89 bits per heavy atom. The standard InChI is InChI=1S/C6H11O2.Li/c1-3-6(2)7-4-5-8-6;/h1,3-5H2,2H3;/q-1;+1. The van der Waals surface area contributed by atoms with Crippen molar-refractivity contribution in [2.24, 2.45) is 0 Å². The molecule has 0 unspecified atom stereocenters.